The molecule has 0 saturated carbocycles. The van der Waals surface area contributed by atoms with Crippen LogP contribution in [0.5, 0.6) is 11.5 Å². The molecule has 53 heavy (non-hydrogen) atoms. The van der Waals surface area contributed by atoms with Crippen LogP contribution < -0.4 is 15.4 Å². The molecule has 2 unspecified atom stereocenters. The van der Waals surface area contributed by atoms with Crippen LogP contribution >= 0.6 is 0 Å². The van der Waals surface area contributed by atoms with Crippen LogP contribution in [0.15, 0.2) is 48.5 Å². The Labute approximate surface area is 313 Å². The zero-order chi connectivity index (χ0) is 39.8. The first-order valence-electron chi connectivity index (χ1n) is 18.5. The number of nitrogens with one attached hydrogen (secondary N) is 2. The number of ether oxygens (including phenoxy) is 1. The number of carbonyl (C=O) groups is 6. The number of anilines is 2. The van der Waals surface area contributed by atoms with E-state index in [9.17, 15) is 28.8 Å². The van der Waals surface area contributed by atoms with Crippen molar-refractivity contribution in [3.63, 3.8) is 0 Å². The van der Waals surface area contributed by atoms with Gasteiger partial charge in [-0.2, -0.15) is 0 Å². The Morgan fingerprint density at radius 3 is 1.09 bits per heavy atom. The molecule has 2 rings (SSSR count). The molecular weight excluding hydrogens is 680 g/mol. The third-order valence-corrected chi connectivity index (χ3v) is 8.63. The van der Waals surface area contributed by atoms with Crippen LogP contribution in [-0.2, 0) is 28.8 Å². The van der Waals surface area contributed by atoms with Crippen LogP contribution in [0.1, 0.15) is 107 Å². The lowest BCUT2D eigenvalue weighted by atomic mass is 9.98. The van der Waals surface area contributed by atoms with Gasteiger partial charge in [-0.05, 0) is 114 Å². The van der Waals surface area contributed by atoms with Crippen molar-refractivity contribution in [2.24, 2.45) is 11.8 Å². The lowest BCUT2D eigenvalue weighted by Gasteiger charge is -2.36. The monoisotopic (exact) mass is 738 g/mol. The van der Waals surface area contributed by atoms with Crippen LogP contribution in [-0.4, -0.2) is 79.7 Å². The number of hydrogen-bond acceptors (Lipinski definition) is 7. The number of carbonyl (C=O) groups excluding carboxylic acids is 4. The van der Waals surface area contributed by atoms with Gasteiger partial charge in [0.1, 0.15) is 23.6 Å². The van der Waals surface area contributed by atoms with E-state index < -0.39 is 24.0 Å². The summed E-state index contributed by atoms with van der Waals surface area (Å²) in [6.07, 6.45) is 1.95. The molecule has 2 atom stereocenters. The second-order valence-electron chi connectivity index (χ2n) is 14.5. The molecule has 13 nitrogen and oxygen atoms in total. The number of carboxylic acid groups (broad SMARTS) is 2. The molecule has 4 N–H and O–H groups in total. The van der Waals surface area contributed by atoms with E-state index >= 15 is 0 Å². The molecule has 13 heteroatoms. The predicted molar refractivity (Wildman–Crippen MR) is 204 cm³/mol. The number of unbranched alkanes of at least 4 members (excludes halogenated alkanes) is 2. The minimum Gasteiger partial charge on any atom is -0.481 e. The summed E-state index contributed by atoms with van der Waals surface area (Å²) < 4.78 is 5.99. The molecule has 0 radical (unpaired) electrons. The average molecular weight is 739 g/mol. The van der Waals surface area contributed by atoms with Gasteiger partial charge in [-0.3, -0.25) is 28.8 Å². The lowest BCUT2D eigenvalue weighted by Crippen LogP contribution is -2.53. The number of benzene rings is 2. The van der Waals surface area contributed by atoms with E-state index in [2.05, 4.69) is 10.6 Å². The number of rotatable bonds is 22. The summed E-state index contributed by atoms with van der Waals surface area (Å²) in [5.74, 6) is -2.17. The minimum absolute atomic E-state index is 0.00546. The fourth-order valence-electron chi connectivity index (χ4n) is 6.17. The highest BCUT2D eigenvalue weighted by Crippen LogP contribution is 2.27. The normalized spacial score (nSPS) is 12.4. The van der Waals surface area contributed by atoms with Gasteiger partial charge in [-0.15, -0.1) is 0 Å². The second-order valence-corrected chi connectivity index (χ2v) is 14.5. The van der Waals surface area contributed by atoms with Crippen molar-refractivity contribution in [1.29, 1.82) is 0 Å². The van der Waals surface area contributed by atoms with Gasteiger partial charge in [0.15, 0.2) is 0 Å². The van der Waals surface area contributed by atoms with Crippen molar-refractivity contribution in [2.75, 3.05) is 10.6 Å². The molecule has 0 aliphatic carbocycles. The molecule has 0 bridgehead atoms. The van der Waals surface area contributed by atoms with Gasteiger partial charge < -0.3 is 35.4 Å². The first kappa shape index (κ1) is 44.2. The van der Waals surface area contributed by atoms with Crippen molar-refractivity contribution < 1.29 is 43.7 Å². The summed E-state index contributed by atoms with van der Waals surface area (Å²) in [6.45, 7) is 14.9. The quantitative estimate of drug-likeness (QED) is 0.0910. The van der Waals surface area contributed by atoms with Gasteiger partial charge in [-0.1, -0.05) is 27.7 Å². The third-order valence-electron chi connectivity index (χ3n) is 8.63. The van der Waals surface area contributed by atoms with E-state index in [0.717, 1.165) is 0 Å². The fourth-order valence-corrected chi connectivity index (χ4v) is 6.17. The van der Waals surface area contributed by atoms with E-state index in [-0.39, 0.29) is 73.2 Å². The topological polar surface area (TPSA) is 183 Å². The maximum absolute atomic E-state index is 13.5. The van der Waals surface area contributed by atoms with Crippen LogP contribution in [0.25, 0.3) is 0 Å². The molecule has 292 valence electrons. The van der Waals surface area contributed by atoms with Crippen molar-refractivity contribution >= 4 is 46.9 Å². The largest absolute Gasteiger partial charge is 0.481 e. The molecule has 0 aromatic heterocycles. The summed E-state index contributed by atoms with van der Waals surface area (Å²) in [6, 6.07) is 11.7. The predicted octanol–water partition coefficient (Wildman–Crippen LogP) is 7.17. The Balaban J connectivity index is 2.06. The molecule has 0 aliphatic heterocycles. The van der Waals surface area contributed by atoms with Crippen LogP contribution in [0.3, 0.4) is 0 Å². The summed E-state index contributed by atoms with van der Waals surface area (Å²) in [5, 5.41) is 23.6. The lowest BCUT2D eigenvalue weighted by molar-refractivity contribution is -0.142. The highest BCUT2D eigenvalue weighted by atomic mass is 16.5. The SMILES string of the molecule is CC(C)C(C(=O)Nc1ccc(Oc2ccc(NC(=O)C(C(C)C)N(C(=O)CCCCC(=O)O)C(C)C)cc2)cc1)N(C(=O)CCCCC(=O)O)C(C)C. The van der Waals surface area contributed by atoms with Crippen molar-refractivity contribution in [1.82, 2.24) is 9.80 Å². The molecule has 0 fully saturated rings. The zero-order valence-electron chi connectivity index (χ0n) is 32.4. The van der Waals surface area contributed by atoms with Crippen LogP contribution in [0, 0.1) is 11.8 Å². The van der Waals surface area contributed by atoms with E-state index in [0.29, 0.717) is 48.6 Å². The molecular formula is C40H58N4O9. The van der Waals surface area contributed by atoms with Gasteiger partial charge in [0.25, 0.3) is 0 Å². The summed E-state index contributed by atoms with van der Waals surface area (Å²) in [7, 11) is 0. The Kier molecular flexibility index (Phi) is 18.0. The highest BCUT2D eigenvalue weighted by Gasteiger charge is 2.35. The van der Waals surface area contributed by atoms with Crippen LogP contribution in [0.4, 0.5) is 11.4 Å². The maximum Gasteiger partial charge on any atom is 0.303 e. The number of nitrogens with zero attached hydrogens (tertiary/aromatic N) is 2. The number of carboxylic acids is 2. The summed E-state index contributed by atoms with van der Waals surface area (Å²) in [4.78, 5) is 78.1. The molecule has 0 aliphatic rings. The highest BCUT2D eigenvalue weighted by molar-refractivity contribution is 5.98. The average Bonchev–Trinajstić information content (AvgIpc) is 3.06. The van der Waals surface area contributed by atoms with Crippen molar-refractivity contribution in [3.8, 4) is 11.5 Å². The van der Waals surface area contributed by atoms with Crippen molar-refractivity contribution in [3.05, 3.63) is 48.5 Å². The molecule has 0 heterocycles. The molecule has 2 aromatic rings. The second kappa shape index (κ2) is 21.6. The number of hydrogen-bond donors (Lipinski definition) is 4. The Morgan fingerprint density at radius 1 is 0.528 bits per heavy atom. The van der Waals surface area contributed by atoms with Gasteiger partial charge in [-0.25, -0.2) is 0 Å². The van der Waals surface area contributed by atoms with E-state index in [1.54, 1.807) is 58.3 Å². The number of aliphatic carboxylic acids is 2. The first-order chi connectivity index (χ1) is 24.9. The first-order valence-corrected chi connectivity index (χ1v) is 18.5. The van der Waals surface area contributed by atoms with E-state index in [4.69, 9.17) is 14.9 Å². The van der Waals surface area contributed by atoms with Gasteiger partial charge in [0, 0.05) is 49.1 Å². The van der Waals surface area contributed by atoms with Crippen molar-refractivity contribution in [2.45, 2.75) is 131 Å². The van der Waals surface area contributed by atoms with Gasteiger partial charge in [0.05, 0.1) is 0 Å². The van der Waals surface area contributed by atoms with E-state index in [1.165, 1.54) is 0 Å². The fraction of sp³-hybridized carbons (Fsp3) is 0.550. The Bertz CT molecular complexity index is 1410. The summed E-state index contributed by atoms with van der Waals surface area (Å²) >= 11 is 0. The van der Waals surface area contributed by atoms with Crippen LogP contribution in [0.2, 0.25) is 0 Å². The Morgan fingerprint density at radius 2 is 0.830 bits per heavy atom. The standard InChI is InChI=1S/C40H58N4O9/c1-25(2)37(43(27(5)6)33(45)13-9-11-15-35(47)48)39(51)41-29-17-21-31(22-18-29)53-32-23-19-30(20-24-32)42-40(52)38(26(3)4)44(28(7)8)34(46)14-10-12-16-36(49)50/h17-28,37-38H,9-16H2,1-8H3,(H,41,51)(H,42,52)(H,47,48)(H,49,50). The van der Waals surface area contributed by atoms with E-state index in [1.807, 2.05) is 55.4 Å². The Hall–Kier alpha value is -4.94. The van der Waals surface area contributed by atoms with Gasteiger partial charge >= 0.3 is 11.9 Å². The molecule has 4 amide bonds. The summed E-state index contributed by atoms with van der Waals surface area (Å²) in [5.41, 5.74) is 1.05. The molecule has 0 spiro atoms. The maximum atomic E-state index is 13.5. The smallest absolute Gasteiger partial charge is 0.303 e. The number of amides is 4. The zero-order valence-corrected chi connectivity index (χ0v) is 32.4. The molecule has 2 aromatic carbocycles. The minimum atomic E-state index is -0.904. The molecule has 0 saturated heterocycles. The van der Waals surface area contributed by atoms with Gasteiger partial charge in [0.2, 0.25) is 23.6 Å². The third kappa shape index (κ3) is 14.5.